The van der Waals surface area contributed by atoms with Crippen LogP contribution in [0, 0.1) is 5.92 Å². The number of carboxylic acids is 1. The van der Waals surface area contributed by atoms with Crippen LogP contribution in [-0.2, 0) is 14.3 Å². The molecule has 5 nitrogen and oxygen atoms in total. The van der Waals surface area contributed by atoms with E-state index in [-0.39, 0.29) is 30.6 Å². The van der Waals surface area contributed by atoms with E-state index in [1.807, 2.05) is 14.1 Å². The van der Waals surface area contributed by atoms with Crippen LogP contribution in [0.15, 0.2) is 0 Å². The van der Waals surface area contributed by atoms with Crippen molar-refractivity contribution in [3.8, 4) is 0 Å². The molecule has 1 saturated carbocycles. The van der Waals surface area contributed by atoms with Crippen molar-refractivity contribution in [3.05, 3.63) is 0 Å². The highest BCUT2D eigenvalue weighted by molar-refractivity contribution is 5.67. The molecule has 0 bridgehead atoms. The molecule has 2 fully saturated rings. The minimum atomic E-state index is -0.765. The molecule has 28 heavy (non-hydrogen) atoms. The third-order valence-electron chi connectivity index (χ3n) is 6.49. The van der Waals surface area contributed by atoms with Crippen LogP contribution in [-0.4, -0.2) is 54.6 Å². The average molecular weight is 398 g/mol. The lowest BCUT2D eigenvalue weighted by Crippen LogP contribution is -2.52. The molecule has 164 valence electrons. The third kappa shape index (κ3) is 8.38. The van der Waals surface area contributed by atoms with Crippen molar-refractivity contribution >= 4 is 5.97 Å². The van der Waals surface area contributed by atoms with Crippen LogP contribution in [0.3, 0.4) is 0 Å². The molecule has 2 rings (SSSR count). The van der Waals surface area contributed by atoms with E-state index in [1.54, 1.807) is 0 Å². The number of hydrogen-bond donors (Lipinski definition) is 1. The number of rotatable bonds is 5. The van der Waals surface area contributed by atoms with E-state index in [0.717, 1.165) is 19.3 Å². The van der Waals surface area contributed by atoms with Gasteiger partial charge in [0.15, 0.2) is 6.29 Å². The Morgan fingerprint density at radius 2 is 1.46 bits per heavy atom. The molecular weight excluding hydrogens is 354 g/mol. The van der Waals surface area contributed by atoms with Gasteiger partial charge in [0, 0.05) is 12.0 Å². The molecule has 0 aromatic rings. The van der Waals surface area contributed by atoms with Crippen molar-refractivity contribution in [3.63, 3.8) is 0 Å². The fraction of sp³-hybridized carbons (Fsp3) is 0.957. The van der Waals surface area contributed by atoms with Crippen molar-refractivity contribution in [1.82, 2.24) is 4.90 Å². The second-order valence-electron chi connectivity index (χ2n) is 9.21. The first kappa shape index (κ1) is 23.6. The molecule has 5 heteroatoms. The predicted octanol–water partition coefficient (Wildman–Crippen LogP) is 5.22. The Morgan fingerprint density at radius 1 is 0.964 bits per heavy atom. The summed E-state index contributed by atoms with van der Waals surface area (Å²) in [5.74, 6) is -0.883. The molecule has 2 aliphatic rings. The van der Waals surface area contributed by atoms with Crippen LogP contribution in [0.2, 0.25) is 0 Å². The van der Waals surface area contributed by atoms with Crippen molar-refractivity contribution < 1.29 is 19.4 Å². The molecule has 1 aliphatic carbocycles. The zero-order valence-corrected chi connectivity index (χ0v) is 18.4. The highest BCUT2D eigenvalue weighted by Crippen LogP contribution is 2.33. The van der Waals surface area contributed by atoms with E-state index in [0.29, 0.717) is 0 Å². The van der Waals surface area contributed by atoms with E-state index in [2.05, 4.69) is 11.8 Å². The minimum Gasteiger partial charge on any atom is -0.481 e. The standard InChI is InChI=1S/C23H43NO4/c1-18-16-21(24(2)3)20(17-22(25)26)23(27-18)28-19-14-12-10-8-6-4-5-7-9-11-13-15-19/h18-21,23H,4-17H2,1-3H3,(H,25,26). The molecule has 1 N–H and O–H groups in total. The fourth-order valence-corrected chi connectivity index (χ4v) is 4.87. The highest BCUT2D eigenvalue weighted by atomic mass is 16.7. The molecule has 0 radical (unpaired) electrons. The largest absolute Gasteiger partial charge is 0.481 e. The van der Waals surface area contributed by atoms with Gasteiger partial charge < -0.3 is 19.5 Å². The molecule has 1 aliphatic heterocycles. The maximum atomic E-state index is 11.5. The van der Waals surface area contributed by atoms with Crippen molar-refractivity contribution in [1.29, 1.82) is 0 Å². The molecule has 0 aromatic heterocycles. The number of ether oxygens (including phenoxy) is 2. The zero-order chi connectivity index (χ0) is 20.4. The number of hydrogen-bond acceptors (Lipinski definition) is 4. The van der Waals surface area contributed by atoms with Crippen molar-refractivity contribution in [2.24, 2.45) is 5.92 Å². The molecule has 0 aromatic carbocycles. The van der Waals surface area contributed by atoms with Gasteiger partial charge in [-0.2, -0.15) is 0 Å². The van der Waals surface area contributed by atoms with Crippen LogP contribution in [0.4, 0.5) is 0 Å². The first-order valence-electron chi connectivity index (χ1n) is 11.7. The van der Waals surface area contributed by atoms with E-state index >= 15 is 0 Å². The lowest BCUT2D eigenvalue weighted by molar-refractivity contribution is -0.253. The van der Waals surface area contributed by atoms with Crippen molar-refractivity contribution in [2.75, 3.05) is 14.1 Å². The van der Waals surface area contributed by atoms with Crippen molar-refractivity contribution in [2.45, 2.75) is 121 Å². The van der Waals surface area contributed by atoms with Crippen LogP contribution >= 0.6 is 0 Å². The van der Waals surface area contributed by atoms with Gasteiger partial charge >= 0.3 is 5.97 Å². The Balaban J connectivity index is 2.01. The molecule has 1 saturated heterocycles. The number of carbonyl (C=O) groups is 1. The summed E-state index contributed by atoms with van der Waals surface area (Å²) < 4.78 is 12.7. The van der Waals surface area contributed by atoms with Crippen LogP contribution in [0.1, 0.15) is 96.8 Å². The lowest BCUT2D eigenvalue weighted by Gasteiger charge is -2.44. The van der Waals surface area contributed by atoms with E-state index < -0.39 is 12.3 Å². The number of carboxylic acid groups (broad SMARTS) is 1. The maximum absolute atomic E-state index is 11.5. The van der Waals surface area contributed by atoms with Gasteiger partial charge in [0.1, 0.15) is 0 Å². The Morgan fingerprint density at radius 3 is 1.93 bits per heavy atom. The van der Waals surface area contributed by atoms with Gasteiger partial charge in [-0.1, -0.05) is 64.2 Å². The van der Waals surface area contributed by atoms with Gasteiger partial charge in [0.05, 0.1) is 18.6 Å². The van der Waals surface area contributed by atoms with Crippen LogP contribution < -0.4 is 0 Å². The number of aliphatic carboxylic acids is 1. The Bertz CT molecular complexity index is 428. The average Bonchev–Trinajstić information content (AvgIpc) is 2.65. The molecule has 4 atom stereocenters. The second-order valence-corrected chi connectivity index (χ2v) is 9.21. The monoisotopic (exact) mass is 397 g/mol. The van der Waals surface area contributed by atoms with E-state index in [4.69, 9.17) is 9.47 Å². The number of nitrogens with zero attached hydrogens (tertiary/aromatic N) is 1. The van der Waals surface area contributed by atoms with Gasteiger partial charge in [-0.25, -0.2) is 0 Å². The summed E-state index contributed by atoms with van der Waals surface area (Å²) in [6.45, 7) is 2.08. The zero-order valence-electron chi connectivity index (χ0n) is 18.4. The van der Waals surface area contributed by atoms with Gasteiger partial charge in [0.25, 0.3) is 0 Å². The minimum absolute atomic E-state index is 0.0946. The first-order valence-corrected chi connectivity index (χ1v) is 11.7. The van der Waals surface area contributed by atoms with Gasteiger partial charge in [-0.05, 0) is 40.3 Å². The van der Waals surface area contributed by atoms with Gasteiger partial charge in [0.2, 0.25) is 0 Å². The van der Waals surface area contributed by atoms with Crippen LogP contribution in [0.25, 0.3) is 0 Å². The fourth-order valence-electron chi connectivity index (χ4n) is 4.87. The molecule has 4 unspecified atom stereocenters. The third-order valence-corrected chi connectivity index (χ3v) is 6.49. The molecular formula is C23H43NO4. The molecule has 0 spiro atoms. The summed E-state index contributed by atoms with van der Waals surface area (Å²) in [6, 6.07) is 0.180. The van der Waals surface area contributed by atoms with E-state index in [1.165, 1.54) is 64.2 Å². The quantitative estimate of drug-likeness (QED) is 0.689. The normalized spacial score (nSPS) is 32.3. The van der Waals surface area contributed by atoms with Gasteiger partial charge in [-0.15, -0.1) is 0 Å². The SMILES string of the molecule is CC1CC(N(C)C)C(CC(=O)O)C(OC2CCCCCCCCCCCC2)O1. The maximum Gasteiger partial charge on any atom is 0.303 e. The topological polar surface area (TPSA) is 59.0 Å². The summed E-state index contributed by atoms with van der Waals surface area (Å²) >= 11 is 0. The predicted molar refractivity (Wildman–Crippen MR) is 112 cm³/mol. The van der Waals surface area contributed by atoms with Crippen LogP contribution in [0.5, 0.6) is 0 Å². The summed E-state index contributed by atoms with van der Waals surface area (Å²) in [5, 5.41) is 9.46. The second kappa shape index (κ2) is 12.8. The highest BCUT2D eigenvalue weighted by Gasteiger charge is 2.41. The Labute approximate surface area is 172 Å². The summed E-state index contributed by atoms with van der Waals surface area (Å²) in [4.78, 5) is 13.7. The first-order chi connectivity index (χ1) is 13.5. The molecule has 0 amide bonds. The lowest BCUT2D eigenvalue weighted by atomic mass is 9.87. The van der Waals surface area contributed by atoms with Gasteiger partial charge in [-0.3, -0.25) is 4.79 Å². The Hall–Kier alpha value is -0.650. The van der Waals surface area contributed by atoms with E-state index in [9.17, 15) is 9.90 Å². The Kier molecular flexibility index (Phi) is 10.8. The summed E-state index contributed by atoms with van der Waals surface area (Å²) in [5.41, 5.74) is 0. The smallest absolute Gasteiger partial charge is 0.303 e. The summed E-state index contributed by atoms with van der Waals surface area (Å²) in [6.07, 6.45) is 16.1. The summed E-state index contributed by atoms with van der Waals surface area (Å²) in [7, 11) is 4.07. The molecule has 1 heterocycles.